The predicted molar refractivity (Wildman–Crippen MR) is 117 cm³/mol. The summed E-state index contributed by atoms with van der Waals surface area (Å²) in [6.07, 6.45) is 4.63. The van der Waals surface area contributed by atoms with Gasteiger partial charge in [-0.05, 0) is 63.5 Å². The Balaban J connectivity index is 2.54. The number of unbranched alkanes of at least 4 members (excludes halogenated alkanes) is 1. The van der Waals surface area contributed by atoms with Crippen LogP contribution in [0.25, 0.3) is 0 Å². The zero-order chi connectivity index (χ0) is 20.8. The third kappa shape index (κ3) is 8.61. The molecular weight excluding hydrogens is 352 g/mol. The molecule has 1 rings (SSSR count). The Hall–Kier alpha value is -1.59. The number of carbonyl (C=O) groups is 1. The second-order valence-electron chi connectivity index (χ2n) is 7.39. The highest BCUT2D eigenvalue weighted by Gasteiger charge is 2.33. The first-order valence-corrected chi connectivity index (χ1v) is 10.9. The van der Waals surface area contributed by atoms with Gasteiger partial charge >= 0.3 is 0 Å². The van der Waals surface area contributed by atoms with Gasteiger partial charge in [0.15, 0.2) is 0 Å². The quantitative estimate of drug-likeness (QED) is 0.421. The van der Waals surface area contributed by atoms with Crippen molar-refractivity contribution in [1.29, 1.82) is 0 Å². The van der Waals surface area contributed by atoms with Crippen LogP contribution in [0.5, 0.6) is 5.75 Å². The smallest absolute Gasteiger partial charge is 0.256 e. The third-order valence-electron chi connectivity index (χ3n) is 5.01. The lowest BCUT2D eigenvalue weighted by Crippen LogP contribution is -2.43. The van der Waals surface area contributed by atoms with Gasteiger partial charge in [0.05, 0.1) is 6.61 Å². The van der Waals surface area contributed by atoms with E-state index in [0.29, 0.717) is 13.2 Å². The number of hydrogen-bond acceptors (Lipinski definition) is 4. The fourth-order valence-electron chi connectivity index (χ4n) is 3.01. The van der Waals surface area contributed by atoms with Crippen molar-refractivity contribution in [3.05, 3.63) is 24.3 Å². The molecular formula is C23H40N2O3. The predicted octanol–water partition coefficient (Wildman–Crippen LogP) is 5.11. The van der Waals surface area contributed by atoms with Crippen LogP contribution in [0.1, 0.15) is 66.7 Å². The van der Waals surface area contributed by atoms with Crippen molar-refractivity contribution in [2.45, 2.75) is 72.3 Å². The number of benzene rings is 1. The van der Waals surface area contributed by atoms with Crippen molar-refractivity contribution in [2.24, 2.45) is 0 Å². The number of amides is 1. The van der Waals surface area contributed by atoms with E-state index >= 15 is 0 Å². The van der Waals surface area contributed by atoms with Crippen LogP contribution in [0.15, 0.2) is 24.3 Å². The lowest BCUT2D eigenvalue weighted by Gasteiger charge is -2.28. The van der Waals surface area contributed by atoms with Crippen LogP contribution in [-0.2, 0) is 9.53 Å². The summed E-state index contributed by atoms with van der Waals surface area (Å²) in [5.74, 6) is 0.746. The van der Waals surface area contributed by atoms with Crippen molar-refractivity contribution in [1.82, 2.24) is 4.90 Å². The lowest BCUT2D eigenvalue weighted by molar-refractivity contribution is -0.140. The number of hydrogen-bond donors (Lipinski definition) is 1. The number of rotatable bonds is 15. The molecule has 1 atom stereocenters. The van der Waals surface area contributed by atoms with E-state index in [1.807, 2.05) is 31.2 Å². The van der Waals surface area contributed by atoms with E-state index in [0.717, 1.165) is 63.2 Å². The van der Waals surface area contributed by atoms with E-state index in [1.54, 1.807) is 0 Å². The van der Waals surface area contributed by atoms with E-state index < -0.39 is 5.60 Å². The van der Waals surface area contributed by atoms with E-state index in [9.17, 15) is 4.79 Å². The molecule has 5 nitrogen and oxygen atoms in total. The monoisotopic (exact) mass is 392 g/mol. The van der Waals surface area contributed by atoms with Gasteiger partial charge in [0.1, 0.15) is 11.4 Å². The molecule has 0 unspecified atom stereocenters. The Morgan fingerprint density at radius 3 is 2.25 bits per heavy atom. The van der Waals surface area contributed by atoms with Crippen LogP contribution in [0.3, 0.4) is 0 Å². The largest absolute Gasteiger partial charge is 0.494 e. The third-order valence-corrected chi connectivity index (χ3v) is 5.01. The first kappa shape index (κ1) is 24.4. The fraction of sp³-hybridized carbons (Fsp3) is 0.696. The van der Waals surface area contributed by atoms with Crippen LogP contribution >= 0.6 is 0 Å². The summed E-state index contributed by atoms with van der Waals surface area (Å²) in [5.41, 5.74) is -0.0191. The highest BCUT2D eigenvalue weighted by Crippen LogP contribution is 2.23. The molecule has 0 spiro atoms. The average Bonchev–Trinajstić information content (AvgIpc) is 2.72. The van der Waals surface area contributed by atoms with E-state index in [4.69, 9.17) is 9.47 Å². The molecule has 1 amide bonds. The van der Waals surface area contributed by atoms with Gasteiger partial charge in [-0.2, -0.15) is 0 Å². The number of carbonyl (C=O) groups excluding carboxylic acids is 1. The number of nitrogens with zero attached hydrogens (tertiary/aromatic N) is 1. The van der Waals surface area contributed by atoms with Gasteiger partial charge in [-0.1, -0.05) is 40.5 Å². The maximum Gasteiger partial charge on any atom is 0.256 e. The first-order chi connectivity index (χ1) is 13.5. The van der Waals surface area contributed by atoms with Crippen LogP contribution < -0.4 is 10.1 Å². The maximum absolute atomic E-state index is 12.8. The summed E-state index contributed by atoms with van der Waals surface area (Å²) in [4.78, 5) is 15.2. The molecule has 0 saturated carbocycles. The summed E-state index contributed by atoms with van der Waals surface area (Å²) in [6, 6.07) is 7.59. The van der Waals surface area contributed by atoms with Crippen molar-refractivity contribution in [3.8, 4) is 5.75 Å². The average molecular weight is 393 g/mol. The Kier molecular flexibility index (Phi) is 11.8. The summed E-state index contributed by atoms with van der Waals surface area (Å²) >= 11 is 0. The van der Waals surface area contributed by atoms with E-state index in [-0.39, 0.29) is 5.91 Å². The van der Waals surface area contributed by atoms with Gasteiger partial charge in [-0.15, -0.1) is 0 Å². The minimum Gasteiger partial charge on any atom is -0.494 e. The second kappa shape index (κ2) is 13.6. The van der Waals surface area contributed by atoms with Crippen LogP contribution in [-0.4, -0.2) is 49.3 Å². The minimum absolute atomic E-state index is 0.0812. The standard InChI is InChI=1S/C23H40N2O3/c1-6-10-16-23(5,28-18-7-2)22(26)24-20-12-14-21(15-13-20)27-19-11-17-25(8-3)9-4/h12-15H,6-11,16-19H2,1-5H3,(H,24,26)/t23-/m1/s1. The highest BCUT2D eigenvalue weighted by atomic mass is 16.5. The molecule has 0 aliphatic heterocycles. The van der Waals surface area contributed by atoms with Gasteiger partial charge in [-0.3, -0.25) is 4.79 Å². The summed E-state index contributed by atoms with van der Waals surface area (Å²) < 4.78 is 11.7. The molecule has 28 heavy (non-hydrogen) atoms. The second-order valence-corrected chi connectivity index (χ2v) is 7.39. The van der Waals surface area contributed by atoms with Crippen molar-refractivity contribution in [3.63, 3.8) is 0 Å². The molecule has 0 radical (unpaired) electrons. The van der Waals surface area contributed by atoms with E-state index in [2.05, 4.69) is 37.9 Å². The van der Waals surface area contributed by atoms with Crippen LogP contribution in [0, 0.1) is 0 Å². The van der Waals surface area contributed by atoms with Gasteiger partial charge in [0, 0.05) is 18.8 Å². The number of nitrogens with one attached hydrogen (secondary N) is 1. The Morgan fingerprint density at radius 2 is 1.68 bits per heavy atom. The maximum atomic E-state index is 12.8. The minimum atomic E-state index is -0.786. The number of anilines is 1. The molecule has 0 aromatic heterocycles. The summed E-state index contributed by atoms with van der Waals surface area (Å²) in [7, 11) is 0. The molecule has 1 aromatic rings. The molecule has 160 valence electrons. The first-order valence-electron chi connectivity index (χ1n) is 10.9. The zero-order valence-corrected chi connectivity index (χ0v) is 18.6. The highest BCUT2D eigenvalue weighted by molar-refractivity contribution is 5.97. The Labute approximate surface area is 171 Å². The van der Waals surface area contributed by atoms with Gasteiger partial charge < -0.3 is 19.7 Å². The van der Waals surface area contributed by atoms with Crippen LogP contribution in [0.4, 0.5) is 5.69 Å². The van der Waals surface area contributed by atoms with Crippen molar-refractivity contribution < 1.29 is 14.3 Å². The fourth-order valence-corrected chi connectivity index (χ4v) is 3.01. The number of ether oxygens (including phenoxy) is 2. The molecule has 1 aromatic carbocycles. The van der Waals surface area contributed by atoms with E-state index in [1.165, 1.54) is 0 Å². The Morgan fingerprint density at radius 1 is 1.00 bits per heavy atom. The molecule has 0 bridgehead atoms. The molecule has 0 aliphatic rings. The molecule has 0 saturated heterocycles. The summed E-state index contributed by atoms with van der Waals surface area (Å²) in [6.45, 7) is 14.9. The summed E-state index contributed by atoms with van der Waals surface area (Å²) in [5, 5.41) is 3.00. The van der Waals surface area contributed by atoms with Crippen molar-refractivity contribution >= 4 is 11.6 Å². The Bertz CT molecular complexity index is 533. The molecule has 1 N–H and O–H groups in total. The zero-order valence-electron chi connectivity index (χ0n) is 18.6. The van der Waals surface area contributed by atoms with Gasteiger partial charge in [0.2, 0.25) is 0 Å². The molecule has 0 fully saturated rings. The van der Waals surface area contributed by atoms with Crippen molar-refractivity contribution in [2.75, 3.05) is 38.2 Å². The topological polar surface area (TPSA) is 50.8 Å². The van der Waals surface area contributed by atoms with Crippen LogP contribution in [0.2, 0.25) is 0 Å². The normalized spacial score (nSPS) is 13.4. The lowest BCUT2D eigenvalue weighted by atomic mass is 9.97. The van der Waals surface area contributed by atoms with Gasteiger partial charge in [-0.25, -0.2) is 0 Å². The van der Waals surface area contributed by atoms with Gasteiger partial charge in [0.25, 0.3) is 5.91 Å². The molecule has 5 heteroatoms. The molecule has 0 aliphatic carbocycles. The SMILES string of the molecule is CCCC[C@@](C)(OCCC)C(=O)Nc1ccc(OCCCN(CC)CC)cc1. The molecule has 0 heterocycles.